The number of thioether (sulfide) groups is 1. The molecule has 114 valence electrons. The fourth-order valence-corrected chi connectivity index (χ4v) is 4.97. The van der Waals surface area contributed by atoms with E-state index in [-0.39, 0.29) is 4.75 Å². The van der Waals surface area contributed by atoms with Crippen molar-refractivity contribution < 1.29 is 4.79 Å². The summed E-state index contributed by atoms with van der Waals surface area (Å²) in [5.74, 6) is 0.846. The van der Waals surface area contributed by atoms with E-state index in [1.54, 1.807) is 11.8 Å². The Kier molecular flexibility index (Phi) is 4.55. The number of nitrogens with zero attached hydrogens (tertiary/aromatic N) is 1. The molecule has 0 aromatic heterocycles. The second kappa shape index (κ2) is 6.41. The Hall–Kier alpha value is -1.00. The molecule has 3 rings (SSSR count). The lowest BCUT2D eigenvalue weighted by molar-refractivity contribution is -0.132. The quantitative estimate of drug-likeness (QED) is 0.930. The summed E-state index contributed by atoms with van der Waals surface area (Å²) in [5, 5.41) is 0. The third-order valence-corrected chi connectivity index (χ3v) is 6.25. The number of hydrogen-bond acceptors (Lipinski definition) is 3. The first kappa shape index (κ1) is 14.9. The summed E-state index contributed by atoms with van der Waals surface area (Å²) < 4.78 is -0.231. The molecule has 2 aliphatic rings. The molecule has 1 aromatic rings. The first-order valence-electron chi connectivity index (χ1n) is 7.97. The van der Waals surface area contributed by atoms with Crippen LogP contribution in [0.15, 0.2) is 35.2 Å². The highest BCUT2D eigenvalue weighted by atomic mass is 32.2. The van der Waals surface area contributed by atoms with Crippen LogP contribution in [0.25, 0.3) is 0 Å². The van der Waals surface area contributed by atoms with Gasteiger partial charge in [-0.05, 0) is 43.9 Å². The Labute approximate surface area is 131 Å². The van der Waals surface area contributed by atoms with Crippen molar-refractivity contribution in [1.82, 2.24) is 4.90 Å². The fraction of sp³-hybridized carbons (Fsp3) is 0.588. The maximum atomic E-state index is 13.1. The lowest BCUT2D eigenvalue weighted by Crippen LogP contribution is -2.44. The molecule has 2 N–H and O–H groups in total. The molecule has 1 amide bonds. The van der Waals surface area contributed by atoms with E-state index in [0.29, 0.717) is 18.4 Å². The Morgan fingerprint density at radius 3 is 2.62 bits per heavy atom. The summed E-state index contributed by atoms with van der Waals surface area (Å²) in [4.78, 5) is 16.4. The number of likely N-dealkylation sites (tertiary alicyclic amines) is 1. The van der Waals surface area contributed by atoms with Gasteiger partial charge >= 0.3 is 0 Å². The van der Waals surface area contributed by atoms with Crippen molar-refractivity contribution in [3.05, 3.63) is 30.3 Å². The SMILES string of the molecule is NCC1CCN(C(=O)C2(Sc3ccccc3)CCCC2)C1. The average molecular weight is 304 g/mol. The monoisotopic (exact) mass is 304 g/mol. The van der Waals surface area contributed by atoms with Gasteiger partial charge in [-0.1, -0.05) is 31.0 Å². The predicted molar refractivity (Wildman–Crippen MR) is 87.2 cm³/mol. The minimum Gasteiger partial charge on any atom is -0.341 e. The summed E-state index contributed by atoms with van der Waals surface area (Å²) in [6, 6.07) is 10.4. The Bertz CT molecular complexity index is 485. The van der Waals surface area contributed by atoms with Crippen LogP contribution in [0.1, 0.15) is 32.1 Å². The summed E-state index contributed by atoms with van der Waals surface area (Å²) >= 11 is 1.78. The van der Waals surface area contributed by atoms with Gasteiger partial charge < -0.3 is 10.6 Å². The van der Waals surface area contributed by atoms with E-state index in [4.69, 9.17) is 5.73 Å². The zero-order valence-electron chi connectivity index (χ0n) is 12.5. The fourth-order valence-electron chi connectivity index (χ4n) is 3.52. The van der Waals surface area contributed by atoms with Crippen LogP contribution in [-0.2, 0) is 4.79 Å². The molecule has 1 atom stereocenters. The topological polar surface area (TPSA) is 46.3 Å². The van der Waals surface area contributed by atoms with Crippen molar-refractivity contribution >= 4 is 17.7 Å². The van der Waals surface area contributed by atoms with Crippen molar-refractivity contribution in [2.24, 2.45) is 11.7 Å². The number of amides is 1. The second-order valence-corrected chi connectivity index (χ2v) is 7.72. The van der Waals surface area contributed by atoms with Gasteiger partial charge in [-0.3, -0.25) is 4.79 Å². The van der Waals surface area contributed by atoms with E-state index in [0.717, 1.165) is 32.4 Å². The summed E-state index contributed by atoms with van der Waals surface area (Å²) in [5.41, 5.74) is 5.76. The maximum Gasteiger partial charge on any atom is 0.239 e. The van der Waals surface area contributed by atoms with Gasteiger partial charge in [0.05, 0.1) is 4.75 Å². The summed E-state index contributed by atoms with van der Waals surface area (Å²) in [7, 11) is 0. The molecule has 0 bridgehead atoms. The first-order valence-corrected chi connectivity index (χ1v) is 8.79. The molecule has 1 unspecified atom stereocenters. The van der Waals surface area contributed by atoms with Gasteiger partial charge in [0, 0.05) is 18.0 Å². The third kappa shape index (κ3) is 3.11. The van der Waals surface area contributed by atoms with Crippen molar-refractivity contribution in [3.8, 4) is 0 Å². The van der Waals surface area contributed by atoms with Crippen LogP contribution in [-0.4, -0.2) is 35.2 Å². The number of rotatable bonds is 4. The molecule has 21 heavy (non-hydrogen) atoms. The Morgan fingerprint density at radius 1 is 1.29 bits per heavy atom. The van der Waals surface area contributed by atoms with Gasteiger partial charge in [-0.2, -0.15) is 0 Å². The van der Waals surface area contributed by atoms with Gasteiger partial charge in [0.1, 0.15) is 0 Å². The Morgan fingerprint density at radius 2 is 2.00 bits per heavy atom. The summed E-state index contributed by atoms with van der Waals surface area (Å²) in [6.07, 6.45) is 5.41. The minimum atomic E-state index is -0.231. The van der Waals surface area contributed by atoms with Crippen LogP contribution in [0.3, 0.4) is 0 Å². The van der Waals surface area contributed by atoms with Gasteiger partial charge in [0.2, 0.25) is 5.91 Å². The number of carbonyl (C=O) groups excluding carboxylic acids is 1. The predicted octanol–water partition coefficient (Wildman–Crippen LogP) is 2.90. The van der Waals surface area contributed by atoms with Gasteiger partial charge in [0.25, 0.3) is 0 Å². The molecular formula is C17H24N2OS. The van der Waals surface area contributed by atoms with E-state index in [1.165, 1.54) is 17.7 Å². The zero-order valence-corrected chi connectivity index (χ0v) is 13.3. The Balaban J connectivity index is 1.76. The second-order valence-electron chi connectivity index (χ2n) is 6.26. The van der Waals surface area contributed by atoms with Crippen LogP contribution < -0.4 is 5.73 Å². The van der Waals surface area contributed by atoms with E-state index in [2.05, 4.69) is 29.2 Å². The van der Waals surface area contributed by atoms with E-state index >= 15 is 0 Å². The van der Waals surface area contributed by atoms with E-state index < -0.39 is 0 Å². The van der Waals surface area contributed by atoms with E-state index in [1.807, 2.05) is 6.07 Å². The molecule has 1 heterocycles. The number of benzene rings is 1. The van der Waals surface area contributed by atoms with Crippen LogP contribution in [0.5, 0.6) is 0 Å². The highest BCUT2D eigenvalue weighted by molar-refractivity contribution is 8.01. The van der Waals surface area contributed by atoms with Crippen LogP contribution >= 0.6 is 11.8 Å². The molecule has 4 heteroatoms. The van der Waals surface area contributed by atoms with Crippen LogP contribution in [0.4, 0.5) is 0 Å². The van der Waals surface area contributed by atoms with Crippen molar-refractivity contribution in [2.75, 3.05) is 19.6 Å². The molecule has 2 fully saturated rings. The summed E-state index contributed by atoms with van der Waals surface area (Å²) in [6.45, 7) is 2.44. The molecule has 1 saturated carbocycles. The molecular weight excluding hydrogens is 280 g/mol. The molecule has 1 aromatic carbocycles. The van der Waals surface area contributed by atoms with E-state index in [9.17, 15) is 4.79 Å². The number of nitrogens with two attached hydrogens (primary N) is 1. The molecule has 3 nitrogen and oxygen atoms in total. The molecule has 1 aliphatic carbocycles. The molecule has 0 spiro atoms. The molecule has 1 saturated heterocycles. The standard InChI is InChI=1S/C17H24N2OS/c18-12-14-8-11-19(13-14)16(20)17(9-4-5-10-17)21-15-6-2-1-3-7-15/h1-3,6-7,14H,4-5,8-13,18H2. The zero-order chi connectivity index (χ0) is 14.7. The van der Waals surface area contributed by atoms with Gasteiger partial charge in [0.15, 0.2) is 0 Å². The minimum absolute atomic E-state index is 0.231. The lowest BCUT2D eigenvalue weighted by atomic mass is 10.1. The highest BCUT2D eigenvalue weighted by Crippen LogP contribution is 2.47. The number of carbonyl (C=O) groups is 1. The van der Waals surface area contributed by atoms with Gasteiger partial charge in [-0.25, -0.2) is 0 Å². The lowest BCUT2D eigenvalue weighted by Gasteiger charge is -2.32. The van der Waals surface area contributed by atoms with Gasteiger partial charge in [-0.15, -0.1) is 11.8 Å². The average Bonchev–Trinajstić information content (AvgIpc) is 3.17. The normalized spacial score (nSPS) is 24.4. The first-order chi connectivity index (χ1) is 10.2. The van der Waals surface area contributed by atoms with Crippen molar-refractivity contribution in [3.63, 3.8) is 0 Å². The maximum absolute atomic E-state index is 13.1. The van der Waals surface area contributed by atoms with Crippen LogP contribution in [0.2, 0.25) is 0 Å². The number of hydrogen-bond donors (Lipinski definition) is 1. The third-order valence-electron chi connectivity index (χ3n) is 4.76. The largest absolute Gasteiger partial charge is 0.341 e. The molecule has 0 radical (unpaired) electrons. The van der Waals surface area contributed by atoms with Crippen LogP contribution in [0, 0.1) is 5.92 Å². The highest BCUT2D eigenvalue weighted by Gasteiger charge is 2.45. The smallest absolute Gasteiger partial charge is 0.239 e. The van der Waals surface area contributed by atoms with Crippen molar-refractivity contribution in [2.45, 2.75) is 41.7 Å². The molecule has 1 aliphatic heterocycles. The van der Waals surface area contributed by atoms with Crippen molar-refractivity contribution in [1.29, 1.82) is 0 Å².